The van der Waals surface area contributed by atoms with Crippen molar-refractivity contribution in [1.82, 2.24) is 9.80 Å². The molecule has 1 atom stereocenters. The molecule has 0 radical (unpaired) electrons. The van der Waals surface area contributed by atoms with Crippen molar-refractivity contribution < 1.29 is 87.1 Å². The Morgan fingerprint density at radius 1 is 0.878 bits per heavy atom. The molecule has 0 aliphatic carbocycles. The maximum atomic E-state index is 11.9. The van der Waals surface area contributed by atoms with Crippen LogP contribution in [0.4, 0.5) is 0 Å². The number of methoxy groups -OCH3 is 2. The molecule has 1 heterocycles. The third-order valence-electron chi connectivity index (χ3n) is 5.01. The summed E-state index contributed by atoms with van der Waals surface area (Å²) in [6.07, 6.45) is -0.0502. The van der Waals surface area contributed by atoms with Crippen molar-refractivity contribution >= 4 is 35.5 Å². The maximum absolute atomic E-state index is 11.9. The largest absolute Gasteiger partial charge is 1.00 e. The molecule has 1 fully saturated rings. The normalized spacial score (nSPS) is 13.8. The first-order valence-corrected chi connectivity index (χ1v) is 13.2. The Morgan fingerprint density at radius 3 is 1.93 bits per heavy atom. The Morgan fingerprint density at radius 2 is 1.41 bits per heavy atom. The van der Waals surface area contributed by atoms with Gasteiger partial charge in [0.1, 0.15) is 6.42 Å². The number of nitrogens with zero attached hydrogens (tertiary/aromatic N) is 2. The number of carbonyl (C=O) groups is 6. The minimum atomic E-state index is -1.28. The molecule has 0 N–H and O–H groups in total. The van der Waals surface area contributed by atoms with Crippen molar-refractivity contribution in [1.29, 1.82) is 0 Å². The Balaban J connectivity index is -0.000000633. The maximum Gasteiger partial charge on any atom is 1.00 e. The average molecular weight is 601 g/mol. The van der Waals surface area contributed by atoms with Gasteiger partial charge in [0.25, 0.3) is 0 Å². The number of hydrogen-bond acceptors (Lipinski definition) is 12. The molecular formula is C26H45N2NaO12. The molecule has 0 aromatic rings. The van der Waals surface area contributed by atoms with Gasteiger partial charge in [0, 0.05) is 46.8 Å². The molecule has 0 spiro atoms. The van der Waals surface area contributed by atoms with Crippen LogP contribution >= 0.6 is 0 Å². The van der Waals surface area contributed by atoms with E-state index in [2.05, 4.69) is 0 Å². The summed E-state index contributed by atoms with van der Waals surface area (Å²) in [6, 6.07) is 0. The summed E-state index contributed by atoms with van der Waals surface area (Å²) in [5.41, 5.74) is 0. The van der Waals surface area contributed by atoms with E-state index < -0.39 is 23.8 Å². The van der Waals surface area contributed by atoms with Gasteiger partial charge in [0.2, 0.25) is 11.8 Å². The molecule has 1 rings (SSSR count). The van der Waals surface area contributed by atoms with Gasteiger partial charge >= 0.3 is 47.5 Å². The fourth-order valence-corrected chi connectivity index (χ4v) is 3.17. The summed E-state index contributed by atoms with van der Waals surface area (Å²) in [7, 11) is 3.04. The van der Waals surface area contributed by atoms with E-state index in [-0.39, 0.29) is 92.8 Å². The van der Waals surface area contributed by atoms with Gasteiger partial charge in [-0.2, -0.15) is 0 Å². The average Bonchev–Trinajstić information content (AvgIpc) is 2.89. The van der Waals surface area contributed by atoms with Crippen LogP contribution in [-0.4, -0.2) is 125 Å². The first-order chi connectivity index (χ1) is 19.1. The fraction of sp³-hybridized carbons (Fsp3) is 0.769. The van der Waals surface area contributed by atoms with Crippen molar-refractivity contribution in [3.05, 3.63) is 0 Å². The van der Waals surface area contributed by atoms with Crippen LogP contribution in [0.1, 0.15) is 47.0 Å². The van der Waals surface area contributed by atoms with Gasteiger partial charge in [0.15, 0.2) is 11.7 Å². The number of carbonyl (C=O) groups excluding carboxylic acids is 6. The van der Waals surface area contributed by atoms with Crippen molar-refractivity contribution in [2.75, 3.05) is 80.0 Å². The third-order valence-corrected chi connectivity index (χ3v) is 5.01. The third kappa shape index (κ3) is 20.4. The van der Waals surface area contributed by atoms with E-state index in [1.54, 1.807) is 27.7 Å². The summed E-state index contributed by atoms with van der Waals surface area (Å²) in [5, 5.41) is 8.93. The van der Waals surface area contributed by atoms with Gasteiger partial charge in [-0.25, -0.2) is 0 Å². The monoisotopic (exact) mass is 600 g/mol. The minimum Gasteiger partial charge on any atom is -0.855 e. The molecule has 0 aromatic carbocycles. The molecule has 15 heteroatoms. The quantitative estimate of drug-likeness (QED) is 0.0780. The Bertz CT molecular complexity index is 782. The standard InChI is InChI=1S/C13H23NO6.C11H17NO5.C2H5O.Na/c1-4-19-12(16)6-7-14(8-9-18-3)11(15)10-13(17)20-5-2;1-3-17-11(15)9-8(13)4-5-12(10(9)14)6-7-16-2;1-2-3;/h4-10H2,1-3H3;9H,3-7H2,1-2H3;2H2,1H3;/q;;-1;+1. The zero-order valence-corrected chi connectivity index (χ0v) is 27.6. The molecule has 232 valence electrons. The molecule has 0 saturated carbocycles. The smallest absolute Gasteiger partial charge is 0.855 e. The van der Waals surface area contributed by atoms with E-state index in [0.29, 0.717) is 39.5 Å². The van der Waals surface area contributed by atoms with Crippen LogP contribution in [-0.2, 0) is 52.5 Å². The van der Waals surface area contributed by atoms with Crippen molar-refractivity contribution in [3.8, 4) is 0 Å². The first kappa shape index (κ1) is 43.4. The predicted molar refractivity (Wildman–Crippen MR) is 140 cm³/mol. The molecule has 1 saturated heterocycles. The second-order valence-electron chi connectivity index (χ2n) is 7.92. The second kappa shape index (κ2) is 28.0. The van der Waals surface area contributed by atoms with Gasteiger partial charge in [-0.15, -0.1) is 6.61 Å². The number of hydrogen-bond donors (Lipinski definition) is 0. The SMILES string of the molecule is CCOC(=O)C1C(=O)CCN(CCOC)C1=O.CCOC(=O)CCN(CCOC)C(=O)CC(=O)OCC.CC[O-].[Na+]. The number of esters is 3. The molecule has 0 bridgehead atoms. The van der Waals surface area contributed by atoms with E-state index in [1.165, 1.54) is 24.0 Å². The fourth-order valence-electron chi connectivity index (χ4n) is 3.17. The van der Waals surface area contributed by atoms with E-state index in [9.17, 15) is 28.8 Å². The number of Topliss-reactive ketones (excluding diaryl/α,β-unsaturated/α-hetero) is 1. The Hall–Kier alpha value is -2.10. The molecular weight excluding hydrogens is 555 g/mol. The second-order valence-corrected chi connectivity index (χ2v) is 7.92. The van der Waals surface area contributed by atoms with Crippen molar-refractivity contribution in [2.45, 2.75) is 47.0 Å². The number of amides is 2. The predicted octanol–water partition coefficient (Wildman–Crippen LogP) is -3.65. The zero-order valence-electron chi connectivity index (χ0n) is 25.6. The molecule has 0 aromatic heterocycles. The Labute approximate surface area is 264 Å². The first-order valence-electron chi connectivity index (χ1n) is 13.2. The molecule has 41 heavy (non-hydrogen) atoms. The van der Waals surface area contributed by atoms with Crippen LogP contribution in [0.5, 0.6) is 0 Å². The van der Waals surface area contributed by atoms with Crippen molar-refractivity contribution in [2.24, 2.45) is 5.92 Å². The minimum absolute atomic E-state index is 0. The van der Waals surface area contributed by atoms with Crippen LogP contribution in [0.15, 0.2) is 0 Å². The number of likely N-dealkylation sites (tertiary alicyclic amines) is 1. The topological polar surface area (TPSA) is 178 Å². The molecule has 1 unspecified atom stereocenters. The molecule has 14 nitrogen and oxygen atoms in total. The summed E-state index contributed by atoms with van der Waals surface area (Å²) in [5.74, 6) is -4.19. The molecule has 1 aliphatic rings. The van der Waals surface area contributed by atoms with Crippen LogP contribution in [0, 0.1) is 5.92 Å². The molecule has 1 aliphatic heterocycles. The Kier molecular flexibility index (Phi) is 29.7. The van der Waals surface area contributed by atoms with E-state index in [1.807, 2.05) is 0 Å². The summed E-state index contributed by atoms with van der Waals surface area (Å²) >= 11 is 0. The van der Waals surface area contributed by atoms with E-state index in [4.69, 9.17) is 28.8 Å². The van der Waals surface area contributed by atoms with E-state index >= 15 is 0 Å². The zero-order chi connectivity index (χ0) is 30.9. The van der Waals surface area contributed by atoms with Crippen LogP contribution < -0.4 is 34.7 Å². The van der Waals surface area contributed by atoms with Gasteiger partial charge in [0.05, 0.1) is 39.5 Å². The van der Waals surface area contributed by atoms with Gasteiger partial charge in [-0.05, 0) is 20.8 Å². The van der Waals surface area contributed by atoms with Gasteiger partial charge in [-0.3, -0.25) is 28.8 Å². The number of ether oxygens (including phenoxy) is 5. The van der Waals surface area contributed by atoms with Gasteiger partial charge in [-0.1, -0.05) is 6.92 Å². The van der Waals surface area contributed by atoms with E-state index in [0.717, 1.165) is 0 Å². The summed E-state index contributed by atoms with van der Waals surface area (Å²) < 4.78 is 24.0. The van der Waals surface area contributed by atoms with Crippen molar-refractivity contribution in [3.63, 3.8) is 0 Å². The van der Waals surface area contributed by atoms with Crippen LogP contribution in [0.3, 0.4) is 0 Å². The van der Waals surface area contributed by atoms with Crippen LogP contribution in [0.25, 0.3) is 0 Å². The summed E-state index contributed by atoms with van der Waals surface area (Å²) in [6.45, 7) is 9.24. The number of rotatable bonds is 15. The summed E-state index contributed by atoms with van der Waals surface area (Å²) in [4.78, 5) is 72.3. The number of ketones is 1. The molecule has 2 amide bonds. The van der Waals surface area contributed by atoms with Crippen LogP contribution in [0.2, 0.25) is 0 Å². The number of piperidine rings is 1. The van der Waals surface area contributed by atoms with Gasteiger partial charge < -0.3 is 38.6 Å².